The number of hydrogen-bond acceptors (Lipinski definition) is 4. The maximum atomic E-state index is 11.0. The van der Waals surface area contributed by atoms with Gasteiger partial charge in [-0.25, -0.2) is 18.1 Å². The van der Waals surface area contributed by atoms with E-state index in [4.69, 9.17) is 4.74 Å². The minimum atomic E-state index is -3.18. The zero-order valence-corrected chi connectivity index (χ0v) is 7.89. The van der Waals surface area contributed by atoms with Crippen LogP contribution in [0.1, 0.15) is 13.8 Å². The fraction of sp³-hybridized carbons (Fsp3) is 0.833. The molecule has 12 heavy (non-hydrogen) atoms. The molecule has 0 unspecified atom stereocenters. The molecule has 0 saturated heterocycles. The molecule has 0 aromatic carbocycles. The molecular formula is C6H12N2O3S. The minimum Gasteiger partial charge on any atom is -0.462 e. The van der Waals surface area contributed by atoms with Crippen LogP contribution in [0.3, 0.4) is 0 Å². The SMILES string of the molecule is CC(C)OC1=NCCS(=O)(=O)N1. The van der Waals surface area contributed by atoms with Gasteiger partial charge in [-0.05, 0) is 13.8 Å². The van der Waals surface area contributed by atoms with Crippen LogP contribution in [0.15, 0.2) is 4.99 Å². The molecule has 0 amide bonds. The first-order valence-electron chi connectivity index (χ1n) is 3.71. The van der Waals surface area contributed by atoms with Gasteiger partial charge in [0.05, 0.1) is 18.4 Å². The molecule has 1 aliphatic rings. The van der Waals surface area contributed by atoms with Gasteiger partial charge in [0.15, 0.2) is 0 Å². The molecule has 1 rings (SSSR count). The number of hydrogen-bond donors (Lipinski definition) is 1. The second kappa shape index (κ2) is 3.30. The first kappa shape index (κ1) is 9.31. The van der Waals surface area contributed by atoms with Gasteiger partial charge in [0.2, 0.25) is 10.0 Å². The van der Waals surface area contributed by atoms with E-state index in [-0.39, 0.29) is 24.4 Å². The summed E-state index contributed by atoms with van der Waals surface area (Å²) in [4.78, 5) is 3.87. The first-order valence-corrected chi connectivity index (χ1v) is 5.36. The van der Waals surface area contributed by atoms with E-state index in [1.807, 2.05) is 13.8 Å². The summed E-state index contributed by atoms with van der Waals surface area (Å²) < 4.78 is 29.3. The lowest BCUT2D eigenvalue weighted by atomic mass is 10.5. The van der Waals surface area contributed by atoms with Gasteiger partial charge in [-0.3, -0.25) is 0 Å². The number of rotatable bonds is 1. The molecule has 0 fully saturated rings. The third-order valence-electron chi connectivity index (χ3n) is 1.21. The number of amidine groups is 1. The number of ether oxygens (including phenoxy) is 1. The molecule has 0 spiro atoms. The summed E-state index contributed by atoms with van der Waals surface area (Å²) in [6, 6.07) is 0.108. The van der Waals surface area contributed by atoms with E-state index >= 15 is 0 Å². The largest absolute Gasteiger partial charge is 0.462 e. The lowest BCUT2D eigenvalue weighted by Crippen LogP contribution is -2.40. The average molecular weight is 192 g/mol. The summed E-state index contributed by atoms with van der Waals surface area (Å²) in [6.07, 6.45) is -0.0652. The van der Waals surface area contributed by atoms with Crippen molar-refractivity contribution in [3.63, 3.8) is 0 Å². The number of nitrogens with one attached hydrogen (secondary N) is 1. The Balaban J connectivity index is 2.62. The molecule has 1 N–H and O–H groups in total. The van der Waals surface area contributed by atoms with Crippen molar-refractivity contribution in [1.82, 2.24) is 4.72 Å². The highest BCUT2D eigenvalue weighted by Crippen LogP contribution is 1.97. The van der Waals surface area contributed by atoms with Gasteiger partial charge in [0.1, 0.15) is 0 Å². The molecule has 0 aromatic rings. The number of sulfonamides is 1. The summed E-state index contributed by atoms with van der Waals surface area (Å²) in [7, 11) is -3.18. The standard InChI is InChI=1S/C6H12N2O3S/c1-5(2)11-6-7-3-4-12(9,10)8-6/h5H,3-4H2,1-2H3,(H,7,8). The fourth-order valence-corrected chi connectivity index (χ4v) is 1.58. The highest BCUT2D eigenvalue weighted by atomic mass is 32.2. The van der Waals surface area contributed by atoms with E-state index in [9.17, 15) is 8.42 Å². The van der Waals surface area contributed by atoms with Gasteiger partial charge in [-0.1, -0.05) is 0 Å². The fourth-order valence-electron chi connectivity index (χ4n) is 0.768. The van der Waals surface area contributed by atoms with Gasteiger partial charge in [-0.2, -0.15) is 0 Å². The van der Waals surface area contributed by atoms with Crippen LogP contribution in [-0.4, -0.2) is 32.8 Å². The van der Waals surface area contributed by atoms with Crippen LogP contribution in [0.25, 0.3) is 0 Å². The van der Waals surface area contributed by atoms with Crippen LogP contribution in [0.5, 0.6) is 0 Å². The Hall–Kier alpha value is -0.780. The van der Waals surface area contributed by atoms with Crippen molar-refractivity contribution < 1.29 is 13.2 Å². The van der Waals surface area contributed by atoms with Crippen molar-refractivity contribution in [2.24, 2.45) is 4.99 Å². The molecule has 0 radical (unpaired) electrons. The summed E-state index contributed by atoms with van der Waals surface area (Å²) >= 11 is 0. The highest BCUT2D eigenvalue weighted by molar-refractivity contribution is 7.90. The number of nitrogens with zero attached hydrogens (tertiary/aromatic N) is 1. The Morgan fingerprint density at radius 3 is 2.75 bits per heavy atom. The van der Waals surface area contributed by atoms with E-state index in [1.54, 1.807) is 0 Å². The quantitative estimate of drug-likeness (QED) is 0.620. The topological polar surface area (TPSA) is 67.8 Å². The Kier molecular flexibility index (Phi) is 2.56. The molecule has 6 heteroatoms. The molecule has 5 nitrogen and oxygen atoms in total. The molecule has 0 aromatic heterocycles. The van der Waals surface area contributed by atoms with Crippen molar-refractivity contribution >= 4 is 16.0 Å². The summed E-state index contributed by atoms with van der Waals surface area (Å²) in [5.74, 6) is 0.0396. The van der Waals surface area contributed by atoms with Crippen molar-refractivity contribution in [1.29, 1.82) is 0 Å². The minimum absolute atomic E-state index is 0.0396. The van der Waals surface area contributed by atoms with Crippen LogP contribution >= 0.6 is 0 Å². The van der Waals surface area contributed by atoms with E-state index in [0.29, 0.717) is 0 Å². The second-order valence-corrected chi connectivity index (χ2v) is 4.62. The first-order chi connectivity index (χ1) is 5.49. The smallest absolute Gasteiger partial charge is 0.298 e. The van der Waals surface area contributed by atoms with E-state index in [1.165, 1.54) is 0 Å². The third-order valence-corrected chi connectivity index (χ3v) is 2.41. The molecule has 70 valence electrons. The predicted molar refractivity (Wildman–Crippen MR) is 45.4 cm³/mol. The molecular weight excluding hydrogens is 180 g/mol. The van der Waals surface area contributed by atoms with Gasteiger partial charge in [0, 0.05) is 0 Å². The maximum absolute atomic E-state index is 11.0. The van der Waals surface area contributed by atoms with Gasteiger partial charge < -0.3 is 4.74 Å². The normalized spacial score (nSPS) is 21.4. The van der Waals surface area contributed by atoms with Crippen molar-refractivity contribution in [2.75, 3.05) is 12.3 Å². The highest BCUT2D eigenvalue weighted by Gasteiger charge is 2.19. The zero-order chi connectivity index (χ0) is 9.19. The Labute approximate surface area is 71.9 Å². The monoisotopic (exact) mass is 192 g/mol. The average Bonchev–Trinajstić information content (AvgIpc) is 1.82. The van der Waals surface area contributed by atoms with Crippen molar-refractivity contribution in [3.05, 3.63) is 0 Å². The third kappa shape index (κ3) is 2.69. The summed E-state index contributed by atoms with van der Waals surface area (Å²) in [6.45, 7) is 3.90. The van der Waals surface area contributed by atoms with Crippen LogP contribution in [0.4, 0.5) is 0 Å². The van der Waals surface area contributed by atoms with Gasteiger partial charge >= 0.3 is 0 Å². The Bertz CT molecular complexity index is 281. The Morgan fingerprint density at radius 2 is 2.25 bits per heavy atom. The molecule has 0 atom stereocenters. The molecule has 1 aliphatic heterocycles. The summed E-state index contributed by atoms with van der Waals surface area (Å²) in [5, 5.41) is 0. The lowest BCUT2D eigenvalue weighted by molar-refractivity contribution is 0.220. The van der Waals surface area contributed by atoms with Crippen molar-refractivity contribution in [2.45, 2.75) is 20.0 Å². The molecule has 1 heterocycles. The number of aliphatic imine (C=N–C) groups is 1. The maximum Gasteiger partial charge on any atom is 0.298 e. The zero-order valence-electron chi connectivity index (χ0n) is 7.07. The Morgan fingerprint density at radius 1 is 1.58 bits per heavy atom. The second-order valence-electron chi connectivity index (χ2n) is 2.77. The van der Waals surface area contributed by atoms with E-state index < -0.39 is 10.0 Å². The van der Waals surface area contributed by atoms with E-state index in [0.717, 1.165) is 0 Å². The van der Waals surface area contributed by atoms with Crippen LogP contribution in [0, 0.1) is 0 Å². The summed E-state index contributed by atoms with van der Waals surface area (Å²) in [5.41, 5.74) is 0. The molecule has 0 aliphatic carbocycles. The van der Waals surface area contributed by atoms with Gasteiger partial charge in [0.25, 0.3) is 6.02 Å². The molecule has 0 saturated carbocycles. The van der Waals surface area contributed by atoms with Crippen LogP contribution in [-0.2, 0) is 14.8 Å². The predicted octanol–water partition coefficient (Wildman–Crippen LogP) is -0.300. The van der Waals surface area contributed by atoms with E-state index in [2.05, 4.69) is 9.71 Å². The molecule has 0 bridgehead atoms. The van der Waals surface area contributed by atoms with Crippen LogP contribution in [0.2, 0.25) is 0 Å². The van der Waals surface area contributed by atoms with Gasteiger partial charge in [-0.15, -0.1) is 0 Å². The van der Waals surface area contributed by atoms with Crippen molar-refractivity contribution in [3.8, 4) is 0 Å². The lowest BCUT2D eigenvalue weighted by Gasteiger charge is -2.17. The van der Waals surface area contributed by atoms with Crippen LogP contribution < -0.4 is 4.72 Å².